The number of fused-ring (bicyclic) bond motifs is 1. The smallest absolute Gasteiger partial charge is 0.152 e. The molecule has 0 atom stereocenters. The quantitative estimate of drug-likeness (QED) is 0.899. The second-order valence-electron chi connectivity index (χ2n) is 2.86. The molecule has 1 heterocycles. The molecule has 3 nitrogen and oxygen atoms in total. The largest absolute Gasteiger partial charge is 0.496 e. The number of methoxy groups -OCH3 is 1. The second kappa shape index (κ2) is 3.63. The first kappa shape index (κ1) is 9.55. The first-order valence-electron chi connectivity index (χ1n) is 4.12. The number of halogens is 1. The lowest BCUT2D eigenvalue weighted by Gasteiger charge is -2.00. The Bertz CT molecular complexity index is 462. The van der Waals surface area contributed by atoms with Crippen LogP contribution in [0.15, 0.2) is 27.1 Å². The lowest BCUT2D eigenvalue weighted by atomic mass is 10.2. The molecule has 0 bridgehead atoms. The number of furan rings is 1. The van der Waals surface area contributed by atoms with Crippen LogP contribution in [-0.4, -0.2) is 12.2 Å². The maximum absolute atomic E-state index is 8.94. The Hall–Kier alpha value is -1.00. The minimum atomic E-state index is -0.107. The van der Waals surface area contributed by atoms with Crippen molar-refractivity contribution in [1.29, 1.82) is 0 Å². The highest BCUT2D eigenvalue weighted by Gasteiger charge is 2.10. The van der Waals surface area contributed by atoms with Gasteiger partial charge in [-0.05, 0) is 34.1 Å². The molecule has 0 spiro atoms. The van der Waals surface area contributed by atoms with Gasteiger partial charge in [-0.1, -0.05) is 0 Å². The molecule has 0 aliphatic heterocycles. The minimum absolute atomic E-state index is 0.107. The SMILES string of the molecule is COc1ccc(Br)c2oc(CO)cc12. The zero-order chi connectivity index (χ0) is 10.1. The van der Waals surface area contributed by atoms with Crippen LogP contribution in [0.25, 0.3) is 11.0 Å². The van der Waals surface area contributed by atoms with Crippen molar-refractivity contribution < 1.29 is 14.3 Å². The van der Waals surface area contributed by atoms with Crippen LogP contribution in [-0.2, 0) is 6.61 Å². The molecule has 4 heteroatoms. The molecule has 0 amide bonds. The molecule has 0 saturated carbocycles. The van der Waals surface area contributed by atoms with Gasteiger partial charge in [0.25, 0.3) is 0 Å². The molecule has 0 fully saturated rings. The van der Waals surface area contributed by atoms with Gasteiger partial charge in [-0.2, -0.15) is 0 Å². The lowest BCUT2D eigenvalue weighted by Crippen LogP contribution is -1.82. The van der Waals surface area contributed by atoms with Gasteiger partial charge >= 0.3 is 0 Å². The van der Waals surface area contributed by atoms with Gasteiger partial charge in [0.1, 0.15) is 18.1 Å². The van der Waals surface area contributed by atoms with E-state index in [0.717, 1.165) is 15.6 Å². The molecule has 0 unspecified atom stereocenters. The van der Waals surface area contributed by atoms with E-state index < -0.39 is 0 Å². The van der Waals surface area contributed by atoms with E-state index in [0.29, 0.717) is 11.3 Å². The van der Waals surface area contributed by atoms with Crippen LogP contribution in [0.4, 0.5) is 0 Å². The number of rotatable bonds is 2. The van der Waals surface area contributed by atoms with Crippen molar-refractivity contribution in [2.45, 2.75) is 6.61 Å². The average Bonchev–Trinajstić information content (AvgIpc) is 2.63. The van der Waals surface area contributed by atoms with Crippen LogP contribution in [0.2, 0.25) is 0 Å². The molecule has 1 N–H and O–H groups in total. The molecule has 0 aliphatic carbocycles. The Morgan fingerprint density at radius 1 is 1.50 bits per heavy atom. The predicted octanol–water partition coefficient (Wildman–Crippen LogP) is 2.70. The van der Waals surface area contributed by atoms with E-state index in [-0.39, 0.29) is 6.61 Å². The van der Waals surface area contributed by atoms with Crippen molar-refractivity contribution in [2.75, 3.05) is 7.11 Å². The van der Waals surface area contributed by atoms with E-state index >= 15 is 0 Å². The third-order valence-electron chi connectivity index (χ3n) is 2.02. The van der Waals surface area contributed by atoms with E-state index in [1.807, 2.05) is 12.1 Å². The van der Waals surface area contributed by atoms with Crippen LogP contribution in [0, 0.1) is 0 Å². The first-order chi connectivity index (χ1) is 6.76. The Morgan fingerprint density at radius 2 is 2.29 bits per heavy atom. The van der Waals surface area contributed by atoms with Gasteiger partial charge in [0, 0.05) is 0 Å². The van der Waals surface area contributed by atoms with Gasteiger partial charge in [0.15, 0.2) is 5.58 Å². The molecular formula is C10H9BrO3. The zero-order valence-electron chi connectivity index (χ0n) is 7.58. The number of hydrogen-bond acceptors (Lipinski definition) is 3. The van der Waals surface area contributed by atoms with Crippen LogP contribution < -0.4 is 4.74 Å². The highest BCUT2D eigenvalue weighted by molar-refractivity contribution is 9.10. The van der Waals surface area contributed by atoms with Crippen molar-refractivity contribution in [2.24, 2.45) is 0 Å². The Kier molecular flexibility index (Phi) is 2.48. The lowest BCUT2D eigenvalue weighted by molar-refractivity contribution is 0.251. The topological polar surface area (TPSA) is 42.6 Å². The summed E-state index contributed by atoms with van der Waals surface area (Å²) in [6, 6.07) is 5.48. The summed E-state index contributed by atoms with van der Waals surface area (Å²) in [6.07, 6.45) is 0. The number of ether oxygens (including phenoxy) is 1. The van der Waals surface area contributed by atoms with E-state index in [4.69, 9.17) is 14.3 Å². The summed E-state index contributed by atoms with van der Waals surface area (Å²) in [5, 5.41) is 9.81. The predicted molar refractivity (Wildman–Crippen MR) is 56.4 cm³/mol. The van der Waals surface area contributed by atoms with Crippen molar-refractivity contribution in [3.05, 3.63) is 28.4 Å². The van der Waals surface area contributed by atoms with Crippen molar-refractivity contribution in [3.8, 4) is 5.75 Å². The second-order valence-corrected chi connectivity index (χ2v) is 3.72. The highest BCUT2D eigenvalue weighted by Crippen LogP contribution is 2.33. The van der Waals surface area contributed by atoms with Gasteiger partial charge < -0.3 is 14.3 Å². The fourth-order valence-corrected chi connectivity index (χ4v) is 1.80. The van der Waals surface area contributed by atoms with Crippen molar-refractivity contribution >= 4 is 26.9 Å². The summed E-state index contributed by atoms with van der Waals surface area (Å²) in [5.41, 5.74) is 0.702. The Balaban J connectivity index is 2.74. The summed E-state index contributed by atoms with van der Waals surface area (Å²) in [7, 11) is 1.61. The Labute approximate surface area is 89.4 Å². The van der Waals surface area contributed by atoms with Gasteiger partial charge in [0.2, 0.25) is 0 Å². The van der Waals surface area contributed by atoms with Crippen LogP contribution in [0.1, 0.15) is 5.76 Å². The van der Waals surface area contributed by atoms with Gasteiger partial charge in [-0.25, -0.2) is 0 Å². The standard InChI is InChI=1S/C10H9BrO3/c1-13-9-3-2-8(11)10-7(9)4-6(5-12)14-10/h2-4,12H,5H2,1H3. The minimum Gasteiger partial charge on any atom is -0.496 e. The Morgan fingerprint density at radius 3 is 2.93 bits per heavy atom. The van der Waals surface area contributed by atoms with Gasteiger partial charge in [0.05, 0.1) is 17.0 Å². The number of aliphatic hydroxyl groups excluding tert-OH is 1. The molecule has 0 aliphatic rings. The normalized spacial score (nSPS) is 10.8. The maximum atomic E-state index is 8.94. The highest BCUT2D eigenvalue weighted by atomic mass is 79.9. The summed E-state index contributed by atoms with van der Waals surface area (Å²) < 4.78 is 11.4. The van der Waals surface area contributed by atoms with E-state index in [1.54, 1.807) is 13.2 Å². The number of benzene rings is 1. The molecule has 74 valence electrons. The molecule has 1 aromatic carbocycles. The van der Waals surface area contributed by atoms with Gasteiger partial charge in [-0.15, -0.1) is 0 Å². The van der Waals surface area contributed by atoms with E-state index in [1.165, 1.54) is 0 Å². The molecule has 14 heavy (non-hydrogen) atoms. The molecular weight excluding hydrogens is 248 g/mol. The van der Waals surface area contributed by atoms with Gasteiger partial charge in [-0.3, -0.25) is 0 Å². The van der Waals surface area contributed by atoms with Crippen molar-refractivity contribution in [1.82, 2.24) is 0 Å². The summed E-state index contributed by atoms with van der Waals surface area (Å²) in [5.74, 6) is 1.27. The summed E-state index contributed by atoms with van der Waals surface area (Å²) in [6.45, 7) is -0.107. The number of hydrogen-bond donors (Lipinski definition) is 1. The van der Waals surface area contributed by atoms with E-state index in [2.05, 4.69) is 15.9 Å². The average molecular weight is 257 g/mol. The molecule has 1 aromatic heterocycles. The molecule has 2 aromatic rings. The number of aliphatic hydroxyl groups is 1. The van der Waals surface area contributed by atoms with Crippen molar-refractivity contribution in [3.63, 3.8) is 0 Å². The fourth-order valence-electron chi connectivity index (χ4n) is 1.37. The van der Waals surface area contributed by atoms with Crippen LogP contribution in [0.5, 0.6) is 5.75 Å². The fraction of sp³-hybridized carbons (Fsp3) is 0.200. The maximum Gasteiger partial charge on any atom is 0.152 e. The monoisotopic (exact) mass is 256 g/mol. The van der Waals surface area contributed by atoms with Crippen LogP contribution >= 0.6 is 15.9 Å². The summed E-state index contributed by atoms with van der Waals surface area (Å²) in [4.78, 5) is 0. The molecule has 2 rings (SSSR count). The van der Waals surface area contributed by atoms with E-state index in [9.17, 15) is 0 Å². The van der Waals surface area contributed by atoms with Crippen LogP contribution in [0.3, 0.4) is 0 Å². The zero-order valence-corrected chi connectivity index (χ0v) is 9.17. The molecule has 0 saturated heterocycles. The third-order valence-corrected chi connectivity index (χ3v) is 2.65. The summed E-state index contributed by atoms with van der Waals surface area (Å²) >= 11 is 3.37. The third kappa shape index (κ3) is 1.40. The molecule has 0 radical (unpaired) electrons. The first-order valence-corrected chi connectivity index (χ1v) is 4.91.